The third-order valence-corrected chi connectivity index (χ3v) is 7.60. The second-order valence-electron chi connectivity index (χ2n) is 10.4. The van der Waals surface area contributed by atoms with E-state index in [0.29, 0.717) is 33.7 Å². The number of hydrogen-bond acceptors (Lipinski definition) is 15. The Labute approximate surface area is 260 Å². The second kappa shape index (κ2) is 13.7. The van der Waals surface area contributed by atoms with Gasteiger partial charge in [-0.15, -0.1) is 4.28 Å². The molecule has 21 heteroatoms. The molecule has 8 N–H and O–H groups in total. The SMILES string of the molecule is CC1(C)C(NC(=O)C(=NOC(COc2ccc(C(N)=NC3CCNCC3)cc2)C(=O)O)c2nsc(N)n2)C(=O)N1OS(=O)(=O)O. The molecule has 2 aliphatic heterocycles. The number of hydrogen-bond donors (Lipinski definition) is 6. The quantitative estimate of drug-likeness (QED) is 0.0474. The number of hydroxylamine groups is 2. The van der Waals surface area contributed by atoms with E-state index >= 15 is 0 Å². The first-order valence-corrected chi connectivity index (χ1v) is 15.4. The molecule has 2 amide bonds. The van der Waals surface area contributed by atoms with Gasteiger partial charge >= 0.3 is 16.4 Å². The summed E-state index contributed by atoms with van der Waals surface area (Å²) >= 11 is 0.706. The Balaban J connectivity index is 1.43. The van der Waals surface area contributed by atoms with Crippen LogP contribution >= 0.6 is 11.5 Å². The maximum Gasteiger partial charge on any atom is 0.418 e. The van der Waals surface area contributed by atoms with E-state index in [-0.39, 0.29) is 17.0 Å². The van der Waals surface area contributed by atoms with Gasteiger partial charge in [0.2, 0.25) is 11.5 Å². The van der Waals surface area contributed by atoms with Gasteiger partial charge in [-0.2, -0.15) is 22.8 Å². The number of aliphatic carboxylic acids is 1. The summed E-state index contributed by atoms with van der Waals surface area (Å²) in [5.41, 5.74) is 10.3. The number of nitrogens with one attached hydrogen (secondary N) is 2. The lowest BCUT2D eigenvalue weighted by molar-refractivity contribution is -0.218. The minimum Gasteiger partial charge on any atom is -0.489 e. The Hall–Kier alpha value is -4.44. The molecule has 1 aromatic heterocycles. The Kier molecular flexibility index (Phi) is 10.2. The molecule has 0 saturated carbocycles. The van der Waals surface area contributed by atoms with Crippen molar-refractivity contribution in [2.75, 3.05) is 25.4 Å². The first-order valence-electron chi connectivity index (χ1n) is 13.3. The molecule has 1 aromatic carbocycles. The van der Waals surface area contributed by atoms with Crippen LogP contribution in [0, 0.1) is 0 Å². The van der Waals surface area contributed by atoms with Gasteiger partial charge in [0.15, 0.2) is 5.13 Å². The first kappa shape index (κ1) is 33.5. The van der Waals surface area contributed by atoms with Crippen LogP contribution in [-0.4, -0.2) is 105 Å². The Bertz CT molecular complexity index is 1590. The van der Waals surface area contributed by atoms with Crippen molar-refractivity contribution in [3.63, 3.8) is 0 Å². The third kappa shape index (κ3) is 8.39. The van der Waals surface area contributed by atoms with Gasteiger partial charge in [0.05, 0.1) is 11.6 Å². The van der Waals surface area contributed by atoms with Crippen molar-refractivity contribution >= 4 is 56.4 Å². The normalized spacial score (nSPS) is 19.8. The molecule has 0 aliphatic carbocycles. The highest BCUT2D eigenvalue weighted by Crippen LogP contribution is 2.33. The van der Waals surface area contributed by atoms with Crippen LogP contribution in [0.1, 0.15) is 38.1 Å². The molecule has 45 heavy (non-hydrogen) atoms. The van der Waals surface area contributed by atoms with E-state index in [1.54, 1.807) is 24.3 Å². The van der Waals surface area contributed by atoms with E-state index in [4.69, 9.17) is 25.6 Å². The fraction of sp³-hybridized carbons (Fsp3) is 0.458. The maximum absolute atomic E-state index is 13.1. The summed E-state index contributed by atoms with van der Waals surface area (Å²) in [6, 6.07) is 5.29. The molecule has 2 aromatic rings. The summed E-state index contributed by atoms with van der Waals surface area (Å²) < 4.78 is 44.7. The van der Waals surface area contributed by atoms with Gasteiger partial charge in [0.1, 0.15) is 24.2 Å². The molecule has 0 radical (unpaired) electrons. The molecule has 0 spiro atoms. The molecule has 2 fully saturated rings. The number of aliphatic imine (C=N–C) groups is 1. The molecule has 3 heterocycles. The van der Waals surface area contributed by atoms with E-state index < -0.39 is 58.2 Å². The van der Waals surface area contributed by atoms with Crippen LogP contribution in [0.2, 0.25) is 0 Å². The fourth-order valence-corrected chi connectivity index (χ4v) is 5.19. The second-order valence-corrected chi connectivity index (χ2v) is 12.1. The zero-order valence-corrected chi connectivity index (χ0v) is 25.6. The van der Waals surface area contributed by atoms with E-state index in [1.165, 1.54) is 13.8 Å². The number of nitrogen functional groups attached to an aromatic ring is 1. The average Bonchev–Trinajstić information content (AvgIpc) is 3.41. The van der Waals surface area contributed by atoms with Crippen molar-refractivity contribution in [3.8, 4) is 5.75 Å². The summed E-state index contributed by atoms with van der Waals surface area (Å²) in [6.07, 6.45) is 0.0604. The first-order chi connectivity index (χ1) is 21.2. The van der Waals surface area contributed by atoms with Gasteiger partial charge in [-0.25, -0.2) is 4.79 Å². The van der Waals surface area contributed by atoms with Crippen LogP contribution in [0.15, 0.2) is 34.4 Å². The highest BCUT2D eigenvalue weighted by molar-refractivity contribution is 7.80. The number of β-lactam (4-membered cyclic amide) rings is 1. The molecular weight excluding hydrogens is 638 g/mol. The fourth-order valence-electron chi connectivity index (χ4n) is 4.30. The molecule has 2 aliphatic rings. The summed E-state index contributed by atoms with van der Waals surface area (Å²) in [5, 5.41) is 19.2. The summed E-state index contributed by atoms with van der Waals surface area (Å²) in [6.45, 7) is 3.90. The van der Waals surface area contributed by atoms with Crippen LogP contribution in [0.3, 0.4) is 0 Å². The highest BCUT2D eigenvalue weighted by Gasteiger charge is 2.58. The maximum atomic E-state index is 13.1. The van der Waals surface area contributed by atoms with Crippen LogP contribution in [0.5, 0.6) is 5.75 Å². The molecule has 19 nitrogen and oxygen atoms in total. The lowest BCUT2D eigenvalue weighted by Crippen LogP contribution is -2.76. The number of benzene rings is 1. The van der Waals surface area contributed by atoms with E-state index in [2.05, 4.69) is 34.4 Å². The number of piperidine rings is 1. The van der Waals surface area contributed by atoms with Crippen molar-refractivity contribution in [1.82, 2.24) is 25.1 Å². The standard InChI is InChI=1S/C24H31N9O10S2/c1-24(2)17(21(35)33(24)43-45(38,39)40)29-20(34)16(19-30-23(26)44-32-19)31-42-15(22(36)37)11-41-14-5-3-12(4-6-14)18(25)28-13-7-9-27-10-8-13/h3-6,13,15,17,27H,7-11H2,1-2H3,(H2,25,28)(H,29,34)(H,36,37)(H2,26,30,32)(H,38,39,40). The van der Waals surface area contributed by atoms with Gasteiger partial charge in [0.25, 0.3) is 17.9 Å². The number of carbonyl (C=O) groups is 3. The Morgan fingerprint density at radius 1 is 1.27 bits per heavy atom. The van der Waals surface area contributed by atoms with Crippen molar-refractivity contribution in [3.05, 3.63) is 35.7 Å². The number of aromatic nitrogens is 2. The summed E-state index contributed by atoms with van der Waals surface area (Å²) in [7, 11) is -5.02. The van der Waals surface area contributed by atoms with Crippen LogP contribution < -0.4 is 26.8 Å². The van der Waals surface area contributed by atoms with Crippen molar-refractivity contribution in [2.24, 2.45) is 15.9 Å². The molecule has 2 atom stereocenters. The Morgan fingerprint density at radius 3 is 2.49 bits per heavy atom. The lowest BCUT2D eigenvalue weighted by atomic mass is 9.84. The zero-order valence-electron chi connectivity index (χ0n) is 23.9. The molecule has 2 unspecified atom stereocenters. The van der Waals surface area contributed by atoms with Gasteiger partial charge in [-0.05, 0) is 64.0 Å². The number of nitrogens with zero attached hydrogens (tertiary/aromatic N) is 5. The van der Waals surface area contributed by atoms with Crippen molar-refractivity contribution in [2.45, 2.75) is 50.4 Å². The number of amides is 2. The largest absolute Gasteiger partial charge is 0.489 e. The number of nitrogens with two attached hydrogens (primary N) is 2. The number of carboxylic acid groups (broad SMARTS) is 1. The third-order valence-electron chi connectivity index (χ3n) is 6.72. The monoisotopic (exact) mass is 669 g/mol. The summed E-state index contributed by atoms with van der Waals surface area (Å²) in [5.74, 6) is -3.25. The zero-order chi connectivity index (χ0) is 32.9. The lowest BCUT2D eigenvalue weighted by Gasteiger charge is -2.50. The minimum absolute atomic E-state index is 0.0544. The van der Waals surface area contributed by atoms with Crippen LogP contribution in [0.25, 0.3) is 0 Å². The van der Waals surface area contributed by atoms with E-state index in [9.17, 15) is 27.9 Å². The van der Waals surface area contributed by atoms with Crippen LogP contribution in [0.4, 0.5) is 5.13 Å². The number of carbonyl (C=O) groups excluding carboxylic acids is 2. The van der Waals surface area contributed by atoms with Gasteiger partial charge < -0.3 is 36.8 Å². The van der Waals surface area contributed by atoms with E-state index in [0.717, 1.165) is 25.9 Å². The van der Waals surface area contributed by atoms with Gasteiger partial charge in [0, 0.05) is 17.1 Å². The Morgan fingerprint density at radius 2 is 1.93 bits per heavy atom. The van der Waals surface area contributed by atoms with Crippen molar-refractivity contribution < 1.29 is 46.3 Å². The smallest absolute Gasteiger partial charge is 0.418 e. The number of rotatable bonds is 13. The van der Waals surface area contributed by atoms with Gasteiger partial charge in [-0.3, -0.25) is 19.1 Å². The highest BCUT2D eigenvalue weighted by atomic mass is 32.3. The number of anilines is 1. The molecule has 0 bridgehead atoms. The minimum atomic E-state index is -5.02. The number of carboxylic acids is 1. The predicted molar refractivity (Wildman–Crippen MR) is 157 cm³/mol. The van der Waals surface area contributed by atoms with E-state index in [1.807, 2.05) is 0 Å². The topological polar surface area (TPSA) is 283 Å². The van der Waals surface area contributed by atoms with Crippen molar-refractivity contribution in [1.29, 1.82) is 0 Å². The van der Waals surface area contributed by atoms with Crippen LogP contribution in [-0.2, 0) is 33.9 Å². The molecule has 4 rings (SSSR count). The molecule has 2 saturated heterocycles. The van der Waals surface area contributed by atoms with Gasteiger partial charge in [-0.1, -0.05) is 5.16 Å². The average molecular weight is 670 g/mol. The number of ether oxygens (including phenoxy) is 1. The molecule has 244 valence electrons. The predicted octanol–water partition coefficient (Wildman–Crippen LogP) is -1.33. The molecular formula is C24H31N9O10S2. The number of oxime groups is 1. The summed E-state index contributed by atoms with van der Waals surface area (Å²) in [4.78, 5) is 51.0. The number of amidine groups is 1.